The highest BCUT2D eigenvalue weighted by Crippen LogP contribution is 2.32. The van der Waals surface area contributed by atoms with Crippen LogP contribution in [0.5, 0.6) is 11.5 Å². The topological polar surface area (TPSA) is 86.3 Å². The molecule has 0 aromatic heterocycles. The number of rotatable bonds is 12. The molecule has 4 rings (SSSR count). The van der Waals surface area contributed by atoms with Gasteiger partial charge in [-0.1, -0.05) is 36.4 Å². The molecule has 1 saturated heterocycles. The number of nitrogens with zero attached hydrogens (tertiary/aromatic N) is 1. The number of para-hydroxylation sites is 1. The van der Waals surface area contributed by atoms with E-state index in [4.69, 9.17) is 18.9 Å². The predicted octanol–water partition coefficient (Wildman–Crippen LogP) is 8.02. The first-order valence-electron chi connectivity index (χ1n) is 16.4. The van der Waals surface area contributed by atoms with Crippen molar-refractivity contribution in [1.82, 2.24) is 10.2 Å². The minimum atomic E-state index is -0.672. The zero-order valence-corrected chi connectivity index (χ0v) is 28.8. The van der Waals surface area contributed by atoms with Gasteiger partial charge in [0.15, 0.2) is 0 Å². The number of alkyl carbamates (subject to hydrolysis) is 1. The van der Waals surface area contributed by atoms with E-state index in [1.54, 1.807) is 45.9 Å². The molecule has 0 aliphatic carbocycles. The number of amides is 1. The summed E-state index contributed by atoms with van der Waals surface area (Å²) in [6.45, 7) is 16.2. The summed E-state index contributed by atoms with van der Waals surface area (Å²) in [5, 5.41) is 2.74. The highest BCUT2D eigenvalue weighted by molar-refractivity contribution is 5.74. The van der Waals surface area contributed by atoms with Gasteiger partial charge in [-0.15, -0.1) is 0 Å². The molecule has 0 unspecified atom stereocenters. The molecular weight excluding hydrogens is 599 g/mol. The first-order valence-corrected chi connectivity index (χ1v) is 16.4. The van der Waals surface area contributed by atoms with Gasteiger partial charge in [0.2, 0.25) is 0 Å². The van der Waals surface area contributed by atoms with Crippen molar-refractivity contribution in [2.75, 3.05) is 26.2 Å². The molecule has 0 bridgehead atoms. The Morgan fingerprint density at radius 1 is 0.894 bits per heavy atom. The summed E-state index contributed by atoms with van der Waals surface area (Å²) in [6.07, 6.45) is 1.85. The smallest absolute Gasteiger partial charge is 0.408 e. The second-order valence-corrected chi connectivity index (χ2v) is 14.0. The summed E-state index contributed by atoms with van der Waals surface area (Å²) < 4.78 is 39.5. The van der Waals surface area contributed by atoms with E-state index in [-0.39, 0.29) is 19.0 Å². The molecule has 0 radical (unpaired) electrons. The van der Waals surface area contributed by atoms with Crippen LogP contribution in [0.15, 0.2) is 60.7 Å². The van der Waals surface area contributed by atoms with Crippen LogP contribution in [0, 0.1) is 5.82 Å². The van der Waals surface area contributed by atoms with E-state index < -0.39 is 29.2 Å². The van der Waals surface area contributed by atoms with E-state index in [0.717, 1.165) is 25.2 Å². The number of esters is 1. The average molecular weight is 649 g/mol. The van der Waals surface area contributed by atoms with E-state index >= 15 is 4.39 Å². The van der Waals surface area contributed by atoms with Gasteiger partial charge >= 0.3 is 12.1 Å². The SMILES string of the molecule is C[C@@H](NC(=O)OC(C)(C)C)c1cccc(-c2cc(COc3ccccc3CC(=O)OC(C)(C)C)cc(OCCN3CCCC3)c2)c1F. The van der Waals surface area contributed by atoms with Crippen LogP contribution in [0.2, 0.25) is 0 Å². The molecule has 8 nitrogen and oxygen atoms in total. The maximum Gasteiger partial charge on any atom is 0.408 e. The molecule has 1 fully saturated rings. The van der Waals surface area contributed by atoms with Gasteiger partial charge in [-0.05, 0) is 110 Å². The molecule has 1 N–H and O–H groups in total. The molecule has 1 aliphatic heterocycles. The molecule has 3 aromatic carbocycles. The van der Waals surface area contributed by atoms with Gasteiger partial charge < -0.3 is 24.3 Å². The normalized spacial score (nSPS) is 14.4. The Bertz CT molecular complexity index is 1520. The Balaban J connectivity index is 1.58. The molecule has 1 aliphatic rings. The van der Waals surface area contributed by atoms with Crippen molar-refractivity contribution in [3.05, 3.63) is 83.2 Å². The standard InChI is InChI=1S/C38H49FN2O6/c1-26(40-36(43)47-38(5,6)7)31-14-12-15-32(35(31)39)29-21-27(22-30(23-29)44-20-19-41-17-10-11-18-41)25-45-33-16-9-8-13-28(33)24-34(42)46-37(2,3)4/h8-9,12-16,21-23,26H,10-11,17-20,24-25H2,1-7H3,(H,40,43)/t26-/m1/s1. The summed E-state index contributed by atoms with van der Waals surface area (Å²) in [7, 11) is 0. The molecule has 1 amide bonds. The molecule has 1 atom stereocenters. The molecular formula is C38H49FN2O6. The Labute approximate surface area is 278 Å². The maximum absolute atomic E-state index is 16.1. The fourth-order valence-corrected chi connectivity index (χ4v) is 5.44. The second-order valence-electron chi connectivity index (χ2n) is 14.0. The van der Waals surface area contributed by atoms with Crippen molar-refractivity contribution < 1.29 is 32.9 Å². The van der Waals surface area contributed by atoms with Crippen molar-refractivity contribution in [2.24, 2.45) is 0 Å². The van der Waals surface area contributed by atoms with Crippen LogP contribution in [0.3, 0.4) is 0 Å². The second kappa shape index (κ2) is 15.7. The Kier molecular flexibility index (Phi) is 11.9. The lowest BCUT2D eigenvalue weighted by atomic mass is 9.97. The highest BCUT2D eigenvalue weighted by atomic mass is 19.1. The van der Waals surface area contributed by atoms with Crippen LogP contribution in [0.1, 0.15) is 84.0 Å². The van der Waals surface area contributed by atoms with Gasteiger partial charge in [0, 0.05) is 23.2 Å². The first-order chi connectivity index (χ1) is 22.2. The van der Waals surface area contributed by atoms with Gasteiger partial charge in [0.25, 0.3) is 0 Å². The highest BCUT2D eigenvalue weighted by Gasteiger charge is 2.22. The summed E-state index contributed by atoms with van der Waals surface area (Å²) >= 11 is 0. The Hall–Kier alpha value is -4.11. The van der Waals surface area contributed by atoms with E-state index in [2.05, 4.69) is 10.2 Å². The zero-order valence-electron chi connectivity index (χ0n) is 28.8. The van der Waals surface area contributed by atoms with Crippen molar-refractivity contribution in [3.63, 3.8) is 0 Å². The largest absolute Gasteiger partial charge is 0.492 e. The first kappa shape index (κ1) is 35.7. The van der Waals surface area contributed by atoms with Crippen LogP contribution < -0.4 is 14.8 Å². The Morgan fingerprint density at radius 2 is 1.60 bits per heavy atom. The summed E-state index contributed by atoms with van der Waals surface area (Å²) in [5.74, 6) is 0.386. The van der Waals surface area contributed by atoms with E-state index in [1.165, 1.54) is 12.8 Å². The number of carbonyl (C=O) groups excluding carboxylic acids is 2. The van der Waals surface area contributed by atoms with Crippen molar-refractivity contribution >= 4 is 12.1 Å². The number of benzene rings is 3. The molecule has 0 saturated carbocycles. The number of halogens is 1. The van der Waals surface area contributed by atoms with E-state index in [9.17, 15) is 9.59 Å². The lowest BCUT2D eigenvalue weighted by molar-refractivity contribution is -0.153. The molecule has 0 spiro atoms. The monoisotopic (exact) mass is 648 g/mol. The number of hydrogen-bond donors (Lipinski definition) is 1. The zero-order chi connectivity index (χ0) is 34.2. The molecule has 3 aromatic rings. The summed E-state index contributed by atoms with van der Waals surface area (Å²) in [6, 6.07) is 17.5. The van der Waals surface area contributed by atoms with Gasteiger partial charge in [-0.2, -0.15) is 0 Å². The third-order valence-corrected chi connectivity index (χ3v) is 7.50. The molecule has 9 heteroatoms. The fourth-order valence-electron chi connectivity index (χ4n) is 5.44. The third-order valence-electron chi connectivity index (χ3n) is 7.50. The van der Waals surface area contributed by atoms with Crippen molar-refractivity contribution in [3.8, 4) is 22.6 Å². The maximum atomic E-state index is 16.1. The summed E-state index contributed by atoms with van der Waals surface area (Å²) in [5.41, 5.74) is 1.55. The van der Waals surface area contributed by atoms with E-state index in [0.29, 0.717) is 40.4 Å². The van der Waals surface area contributed by atoms with Crippen molar-refractivity contribution in [1.29, 1.82) is 0 Å². The van der Waals surface area contributed by atoms with Crippen LogP contribution in [-0.4, -0.2) is 54.4 Å². The van der Waals surface area contributed by atoms with Gasteiger partial charge in [-0.25, -0.2) is 9.18 Å². The number of likely N-dealkylation sites (tertiary alicyclic amines) is 1. The predicted molar refractivity (Wildman–Crippen MR) is 181 cm³/mol. The van der Waals surface area contributed by atoms with Crippen LogP contribution in [0.4, 0.5) is 9.18 Å². The number of hydrogen-bond acceptors (Lipinski definition) is 7. The lowest BCUT2D eigenvalue weighted by Gasteiger charge is -2.22. The fraction of sp³-hybridized carbons (Fsp3) is 0.474. The minimum Gasteiger partial charge on any atom is -0.492 e. The Morgan fingerprint density at radius 3 is 2.30 bits per heavy atom. The quantitative estimate of drug-likeness (QED) is 0.199. The third kappa shape index (κ3) is 11.3. The van der Waals surface area contributed by atoms with Gasteiger partial charge in [0.05, 0.1) is 12.5 Å². The van der Waals surface area contributed by atoms with Gasteiger partial charge in [0.1, 0.15) is 41.7 Å². The van der Waals surface area contributed by atoms with Crippen molar-refractivity contribution in [2.45, 2.75) is 91.6 Å². The average Bonchev–Trinajstić information content (AvgIpc) is 3.48. The number of nitrogens with one attached hydrogen (secondary N) is 1. The molecule has 254 valence electrons. The van der Waals surface area contributed by atoms with Crippen LogP contribution >= 0.6 is 0 Å². The minimum absolute atomic E-state index is 0.0753. The van der Waals surface area contributed by atoms with Gasteiger partial charge in [-0.3, -0.25) is 9.69 Å². The van der Waals surface area contributed by atoms with E-state index in [1.807, 2.05) is 63.2 Å². The molecule has 47 heavy (non-hydrogen) atoms. The molecule has 1 heterocycles. The number of carbonyl (C=O) groups is 2. The van der Waals surface area contributed by atoms with Crippen LogP contribution in [-0.2, 0) is 27.3 Å². The van der Waals surface area contributed by atoms with Crippen LogP contribution in [0.25, 0.3) is 11.1 Å². The number of ether oxygens (including phenoxy) is 4. The lowest BCUT2D eigenvalue weighted by Crippen LogP contribution is -2.34. The summed E-state index contributed by atoms with van der Waals surface area (Å²) in [4.78, 5) is 27.3.